The summed E-state index contributed by atoms with van der Waals surface area (Å²) in [5.41, 5.74) is 20.4. The number of carbonyl (C=O) groups is 10. The number of para-hydroxylation sites is 1. The summed E-state index contributed by atoms with van der Waals surface area (Å²) in [4.78, 5) is 157. The van der Waals surface area contributed by atoms with E-state index >= 15 is 4.79 Å². The number of nitrogens with one attached hydrogen (secondary N) is 1. The van der Waals surface area contributed by atoms with Gasteiger partial charge < -0.3 is 80.9 Å². The lowest BCUT2D eigenvalue weighted by molar-refractivity contribution is -0.150. The smallest absolute Gasteiger partial charge is 0.243 e. The molecule has 4 rings (SSSR count). The lowest BCUT2D eigenvalue weighted by Crippen LogP contribution is -2.53. The van der Waals surface area contributed by atoms with Gasteiger partial charge in [-0.25, -0.2) is 0 Å². The summed E-state index contributed by atoms with van der Waals surface area (Å²) in [5, 5.41) is 11.2. The molecular formula is C66H99N13O13. The maximum absolute atomic E-state index is 15.1. The highest BCUT2D eigenvalue weighted by Gasteiger charge is 2.34. The van der Waals surface area contributed by atoms with E-state index in [9.17, 15) is 48.3 Å². The number of benzene rings is 3. The first-order valence-corrected chi connectivity index (χ1v) is 31.6. The van der Waals surface area contributed by atoms with Gasteiger partial charge in [0.25, 0.3) is 0 Å². The van der Waals surface area contributed by atoms with E-state index in [1.54, 1.807) is 62.5 Å². The average molecular weight is 1280 g/mol. The van der Waals surface area contributed by atoms with Crippen LogP contribution in [0, 0.1) is 0 Å². The third-order valence-electron chi connectivity index (χ3n) is 15.9. The number of amides is 9. The molecule has 1 aromatic heterocycles. The molecule has 0 radical (unpaired) electrons. The van der Waals surface area contributed by atoms with Crippen LogP contribution in [0.3, 0.4) is 0 Å². The molecule has 0 aliphatic heterocycles. The Bertz CT molecular complexity index is 2970. The molecular weight excluding hydrogens is 1180 g/mol. The number of ketones is 1. The number of aromatic amines is 1. The van der Waals surface area contributed by atoms with Crippen LogP contribution < -0.4 is 17.2 Å². The van der Waals surface area contributed by atoms with Crippen molar-refractivity contribution >= 4 is 69.9 Å². The van der Waals surface area contributed by atoms with Gasteiger partial charge in [-0.15, -0.1) is 0 Å². The number of aliphatic hydroxyl groups is 1. The van der Waals surface area contributed by atoms with E-state index in [1.807, 2.05) is 42.5 Å². The molecule has 0 saturated carbocycles. The Kier molecular flexibility index (Phi) is 34.3. The van der Waals surface area contributed by atoms with Gasteiger partial charge in [0, 0.05) is 84.1 Å². The Hall–Kier alpha value is -8.14. The zero-order chi connectivity index (χ0) is 67.5. The van der Waals surface area contributed by atoms with Crippen LogP contribution in [0.25, 0.3) is 10.9 Å². The van der Waals surface area contributed by atoms with Crippen LogP contribution in [0.4, 0.5) is 0 Å². The molecule has 0 aliphatic rings. The zero-order valence-electron chi connectivity index (χ0n) is 54.7. The highest BCUT2D eigenvalue weighted by Crippen LogP contribution is 2.24. The molecule has 0 spiro atoms. The summed E-state index contributed by atoms with van der Waals surface area (Å²) in [6.07, 6.45) is 4.58. The summed E-state index contributed by atoms with van der Waals surface area (Å²) >= 11 is 0. The van der Waals surface area contributed by atoms with Gasteiger partial charge >= 0.3 is 0 Å². The Morgan fingerprint density at radius 3 is 1.22 bits per heavy atom. The van der Waals surface area contributed by atoms with Gasteiger partial charge in [-0.05, 0) is 102 Å². The van der Waals surface area contributed by atoms with Gasteiger partial charge in [-0.2, -0.15) is 0 Å². The van der Waals surface area contributed by atoms with Crippen LogP contribution in [0.5, 0.6) is 0 Å². The van der Waals surface area contributed by atoms with Gasteiger partial charge in [0.15, 0.2) is 0 Å². The maximum Gasteiger partial charge on any atom is 0.243 e. The lowest BCUT2D eigenvalue weighted by Gasteiger charge is -2.35. The minimum absolute atomic E-state index is 0.000962. The summed E-state index contributed by atoms with van der Waals surface area (Å²) in [6, 6.07) is 23.9. The van der Waals surface area contributed by atoms with Gasteiger partial charge in [-0.3, -0.25) is 47.9 Å². The van der Waals surface area contributed by atoms with Crippen molar-refractivity contribution in [2.24, 2.45) is 17.2 Å². The first-order chi connectivity index (χ1) is 44.2. The molecule has 1 heterocycles. The fraction of sp³-hybridized carbons (Fsp3) is 0.545. The molecule has 0 fully saturated rings. The minimum atomic E-state index is -0.799. The topological polar surface area (TPSA) is 332 Å². The Labute approximate surface area is 541 Å². The maximum atomic E-state index is 15.1. The summed E-state index contributed by atoms with van der Waals surface area (Å²) in [7, 11) is 2.91. The van der Waals surface area contributed by atoms with Crippen molar-refractivity contribution < 1.29 is 62.5 Å². The highest BCUT2D eigenvalue weighted by molar-refractivity contribution is 5.95. The number of nitrogens with two attached hydrogens (primary N) is 3. The first-order valence-electron chi connectivity index (χ1n) is 31.6. The zero-order valence-corrected chi connectivity index (χ0v) is 54.7. The van der Waals surface area contributed by atoms with Crippen molar-refractivity contribution in [3.05, 3.63) is 108 Å². The Balaban J connectivity index is 1.66. The average Bonchev–Trinajstić information content (AvgIpc) is 1.60. The predicted octanol–water partition coefficient (Wildman–Crippen LogP) is 1.76. The Morgan fingerprint density at radius 2 is 0.793 bits per heavy atom. The van der Waals surface area contributed by atoms with Gasteiger partial charge in [0.1, 0.15) is 25.4 Å². The van der Waals surface area contributed by atoms with Gasteiger partial charge in [-0.1, -0.05) is 78.9 Å². The summed E-state index contributed by atoms with van der Waals surface area (Å²) in [6.45, 7) is 2.36. The number of methoxy groups -OCH3 is 2. The quantitative estimate of drug-likeness (QED) is 0.0394. The molecule has 506 valence electrons. The number of H-pyrrole nitrogens is 1. The van der Waals surface area contributed by atoms with Crippen LogP contribution in [-0.4, -0.2) is 265 Å². The van der Waals surface area contributed by atoms with Crippen molar-refractivity contribution in [2.45, 2.75) is 84.8 Å². The second kappa shape index (κ2) is 41.4. The molecule has 8 N–H and O–H groups in total. The lowest BCUT2D eigenvalue weighted by atomic mass is 10.1. The highest BCUT2D eigenvalue weighted by atomic mass is 16.5. The molecule has 0 saturated heterocycles. The van der Waals surface area contributed by atoms with Crippen LogP contribution in [-0.2, 0) is 64.0 Å². The number of aliphatic hydroxyl groups excluding tert-OH is 1. The van der Waals surface area contributed by atoms with Crippen LogP contribution in [0.15, 0.2) is 91.1 Å². The second-order valence-corrected chi connectivity index (χ2v) is 22.7. The fourth-order valence-electron chi connectivity index (χ4n) is 10.4. The minimum Gasteiger partial charge on any atom is -0.395 e. The molecule has 26 nitrogen and oxygen atoms in total. The number of hydrogen-bond acceptors (Lipinski definition) is 16. The van der Waals surface area contributed by atoms with E-state index < -0.39 is 112 Å². The number of nitrogens with zero attached hydrogens (tertiary/aromatic N) is 9. The number of ether oxygens (including phenoxy) is 2. The molecule has 4 aromatic rings. The molecule has 0 aliphatic carbocycles. The number of carbonyl (C=O) groups excluding carboxylic acids is 10. The summed E-state index contributed by atoms with van der Waals surface area (Å²) < 4.78 is 10.6. The number of Topliss-reactive ketones (excluding diaryl/α,β-unsaturated/α-hetero) is 1. The number of aromatic nitrogens is 1. The standard InChI is InChI=1S/C66H99N13O13/c1-50(81)40-72(30-18-15-27-67)63(87)48-78(51(2)54-21-9-7-10-22-54)65(89)46-73(31-19-16-28-68)59(83)43-75(33-36-80)64(88)49-79(52(3)55-23-11-8-12-24-55)66(90)47-74(32-20-17-29-69)60(84)44-76(35-38-92-6)61(85)45-77(62(86)42-71(53(4)82)34-37-91-5)41-56-39-70-58-26-14-13-25-57(56)58/h7-14,21-26,39,51-52,70,80H,15-20,27-38,40-49,67-69H2,1-6H3/t51-,52-/m0/s1. The Morgan fingerprint density at radius 1 is 0.435 bits per heavy atom. The van der Waals surface area contributed by atoms with Crippen molar-refractivity contribution in [3.8, 4) is 0 Å². The number of hydrogen-bond donors (Lipinski definition) is 5. The largest absolute Gasteiger partial charge is 0.395 e. The van der Waals surface area contributed by atoms with Crippen molar-refractivity contribution in [2.75, 3.05) is 152 Å². The molecule has 92 heavy (non-hydrogen) atoms. The number of unbranched alkanes of at least 4 members (excludes halogenated alkanes) is 3. The van der Waals surface area contributed by atoms with Crippen LogP contribution in [0.2, 0.25) is 0 Å². The van der Waals surface area contributed by atoms with Crippen LogP contribution in [0.1, 0.15) is 95.0 Å². The van der Waals surface area contributed by atoms with E-state index in [-0.39, 0.29) is 96.9 Å². The second-order valence-electron chi connectivity index (χ2n) is 22.7. The van der Waals surface area contributed by atoms with Crippen LogP contribution >= 0.6 is 0 Å². The monoisotopic (exact) mass is 1280 g/mol. The SMILES string of the molecule is COCCN(CC(=O)N(CC(=O)N(CCOC)CC(=O)N(CCCCN)CC(=O)N(CC(=O)N(CCO)CC(=O)N(CCCCN)CC(=O)N(CC(=O)N(CCCCN)CC(C)=O)[C@@H](C)c1ccccc1)[C@@H](C)c1ccccc1)Cc1c[nH]c2ccccc12)C(C)=O. The predicted molar refractivity (Wildman–Crippen MR) is 348 cm³/mol. The molecule has 26 heteroatoms. The van der Waals surface area contributed by atoms with Gasteiger partial charge in [0.05, 0.1) is 71.2 Å². The number of rotatable bonds is 44. The van der Waals surface area contributed by atoms with E-state index in [0.717, 1.165) is 15.8 Å². The molecule has 0 bridgehead atoms. The van der Waals surface area contributed by atoms with Crippen molar-refractivity contribution in [1.29, 1.82) is 0 Å². The fourth-order valence-corrected chi connectivity index (χ4v) is 10.4. The molecule has 2 atom stereocenters. The third kappa shape index (κ3) is 25.2. The van der Waals surface area contributed by atoms with E-state index in [0.29, 0.717) is 61.8 Å². The van der Waals surface area contributed by atoms with E-state index in [4.69, 9.17) is 26.7 Å². The number of fused-ring (bicyclic) bond motifs is 1. The molecule has 3 aromatic carbocycles. The third-order valence-corrected chi connectivity index (χ3v) is 15.9. The van der Waals surface area contributed by atoms with Crippen molar-refractivity contribution in [1.82, 2.24) is 49.1 Å². The summed E-state index contributed by atoms with van der Waals surface area (Å²) in [5.74, 6) is -5.54. The molecule has 0 unspecified atom stereocenters. The van der Waals surface area contributed by atoms with E-state index in [2.05, 4.69) is 4.98 Å². The first kappa shape index (κ1) is 76.3. The van der Waals surface area contributed by atoms with Crippen molar-refractivity contribution in [3.63, 3.8) is 0 Å². The molecule has 9 amide bonds. The van der Waals surface area contributed by atoms with E-state index in [1.165, 1.54) is 67.3 Å². The normalized spacial score (nSPS) is 11.7. The van der Waals surface area contributed by atoms with Gasteiger partial charge in [0.2, 0.25) is 53.2 Å².